The highest BCUT2D eigenvalue weighted by atomic mass is 16.2. The second-order valence-corrected chi connectivity index (χ2v) is 8.14. The van der Waals surface area contributed by atoms with Crippen molar-refractivity contribution in [2.75, 3.05) is 78.5 Å². The zero-order chi connectivity index (χ0) is 24.7. The van der Waals surface area contributed by atoms with Gasteiger partial charge in [0.2, 0.25) is 0 Å². The van der Waals surface area contributed by atoms with E-state index in [1.807, 2.05) is 0 Å². The topological polar surface area (TPSA) is 165 Å². The highest BCUT2D eigenvalue weighted by Crippen LogP contribution is 1.83. The second kappa shape index (κ2) is 21.3. The molecule has 0 radical (unpaired) electrons. The summed E-state index contributed by atoms with van der Waals surface area (Å²) in [4.78, 5) is 47.1. The lowest BCUT2D eigenvalue weighted by molar-refractivity contribution is -0.139. The smallest absolute Gasteiger partial charge is 0.309 e. The predicted molar refractivity (Wildman–Crippen MR) is 131 cm³/mol. The molecule has 196 valence electrons. The number of hydrogen-bond acceptors (Lipinski definition) is 8. The molecule has 1 heterocycles. The van der Waals surface area contributed by atoms with Crippen molar-refractivity contribution in [1.82, 2.24) is 42.5 Å². The quantitative estimate of drug-likeness (QED) is 0.170. The summed E-state index contributed by atoms with van der Waals surface area (Å²) in [7, 11) is 0. The summed E-state index contributed by atoms with van der Waals surface area (Å²) in [6, 6.07) is 0. The van der Waals surface area contributed by atoms with Gasteiger partial charge >= 0.3 is 23.6 Å². The Bertz CT molecular complexity index is 493. The van der Waals surface area contributed by atoms with Crippen LogP contribution in [-0.4, -0.2) is 102 Å². The minimum absolute atomic E-state index is 0.455. The minimum Gasteiger partial charge on any atom is -0.348 e. The van der Waals surface area contributed by atoms with Crippen molar-refractivity contribution in [1.29, 1.82) is 0 Å². The summed E-state index contributed by atoms with van der Waals surface area (Å²) in [5, 5.41) is 23.7. The van der Waals surface area contributed by atoms with Crippen LogP contribution < -0.4 is 42.5 Å². The van der Waals surface area contributed by atoms with E-state index < -0.39 is 23.6 Å². The van der Waals surface area contributed by atoms with Crippen molar-refractivity contribution in [3.8, 4) is 0 Å². The molecule has 12 nitrogen and oxygen atoms in total. The van der Waals surface area contributed by atoms with E-state index in [0.717, 1.165) is 90.9 Å². The van der Waals surface area contributed by atoms with Crippen LogP contribution in [0.2, 0.25) is 0 Å². The van der Waals surface area contributed by atoms with E-state index in [2.05, 4.69) is 42.5 Å². The van der Waals surface area contributed by atoms with Crippen LogP contribution in [0.3, 0.4) is 0 Å². The van der Waals surface area contributed by atoms with E-state index in [1.54, 1.807) is 0 Å². The molecule has 0 bridgehead atoms. The van der Waals surface area contributed by atoms with Gasteiger partial charge in [0.25, 0.3) is 0 Å². The van der Waals surface area contributed by atoms with E-state index in [4.69, 9.17) is 0 Å². The van der Waals surface area contributed by atoms with Crippen molar-refractivity contribution in [2.24, 2.45) is 0 Å². The van der Waals surface area contributed by atoms with Gasteiger partial charge < -0.3 is 42.5 Å². The van der Waals surface area contributed by atoms with Gasteiger partial charge in [-0.1, -0.05) is 0 Å². The maximum atomic E-state index is 11.8. The van der Waals surface area contributed by atoms with Crippen LogP contribution in [0.15, 0.2) is 0 Å². The van der Waals surface area contributed by atoms with E-state index in [0.29, 0.717) is 26.2 Å². The van der Waals surface area contributed by atoms with E-state index >= 15 is 0 Å². The standard InChI is InChI=1S/C22H44N8O4/c31-19-21(33)29-17-5-13-25-9-2-10-26-14-6-18-30-22(34)20(32)28-16-4-12-24-8-1-7-23-11-3-15-27-19/h23-26H,1-18H2,(H,27,31)(H,28,32)(H,29,33)(H,30,34). The lowest BCUT2D eigenvalue weighted by atomic mass is 10.3. The Labute approximate surface area is 202 Å². The molecule has 12 heteroatoms. The van der Waals surface area contributed by atoms with Gasteiger partial charge in [-0.05, 0) is 90.9 Å². The van der Waals surface area contributed by atoms with Crippen LogP contribution in [0.25, 0.3) is 0 Å². The first kappa shape index (κ1) is 29.8. The molecule has 34 heavy (non-hydrogen) atoms. The van der Waals surface area contributed by atoms with E-state index in [1.165, 1.54) is 0 Å². The molecule has 0 saturated carbocycles. The molecule has 0 aromatic heterocycles. The third-order valence-electron chi connectivity index (χ3n) is 5.09. The minimum atomic E-state index is -0.585. The average Bonchev–Trinajstić information content (AvgIpc) is 2.83. The first-order valence-electron chi connectivity index (χ1n) is 12.6. The highest BCUT2D eigenvalue weighted by molar-refractivity contribution is 6.35. The Kier molecular flexibility index (Phi) is 18.6. The zero-order valence-corrected chi connectivity index (χ0v) is 20.4. The molecule has 1 saturated heterocycles. The SMILES string of the molecule is O=C1NCCCNCCCNCCCNC(=O)C(=O)NCCCNCCCNCCCNC1=O. The molecule has 4 amide bonds. The number of nitrogens with one attached hydrogen (secondary N) is 8. The summed E-state index contributed by atoms with van der Waals surface area (Å²) >= 11 is 0. The van der Waals surface area contributed by atoms with Gasteiger partial charge in [0.1, 0.15) is 0 Å². The van der Waals surface area contributed by atoms with Gasteiger partial charge in [-0.25, -0.2) is 0 Å². The third-order valence-corrected chi connectivity index (χ3v) is 5.09. The number of hydrogen-bond donors (Lipinski definition) is 8. The summed E-state index contributed by atoms with van der Waals surface area (Å²) in [6.07, 6.45) is 4.90. The fraction of sp³-hybridized carbons (Fsp3) is 0.818. The maximum Gasteiger partial charge on any atom is 0.309 e. The molecule has 8 N–H and O–H groups in total. The molecule has 1 rings (SSSR count). The summed E-state index contributed by atoms with van der Waals surface area (Å²) in [5.74, 6) is -2.34. The van der Waals surface area contributed by atoms with Crippen molar-refractivity contribution >= 4 is 23.6 Å². The number of amides is 4. The van der Waals surface area contributed by atoms with E-state index in [9.17, 15) is 19.2 Å². The third kappa shape index (κ3) is 17.2. The fourth-order valence-corrected chi connectivity index (χ4v) is 3.16. The van der Waals surface area contributed by atoms with E-state index in [-0.39, 0.29) is 0 Å². The molecule has 0 unspecified atom stereocenters. The Balaban J connectivity index is 2.24. The van der Waals surface area contributed by atoms with Crippen molar-refractivity contribution in [2.45, 2.75) is 38.5 Å². The zero-order valence-electron chi connectivity index (χ0n) is 20.4. The number of carbonyl (C=O) groups is 4. The van der Waals surface area contributed by atoms with Crippen LogP contribution in [0, 0.1) is 0 Å². The van der Waals surface area contributed by atoms with Crippen LogP contribution in [0.5, 0.6) is 0 Å². The lowest BCUT2D eigenvalue weighted by Gasteiger charge is -2.10. The summed E-state index contributed by atoms with van der Waals surface area (Å²) < 4.78 is 0. The van der Waals surface area contributed by atoms with Gasteiger partial charge in [-0.3, -0.25) is 19.2 Å². The number of carbonyl (C=O) groups excluding carboxylic acids is 4. The van der Waals surface area contributed by atoms with Gasteiger partial charge in [0, 0.05) is 26.2 Å². The van der Waals surface area contributed by atoms with Crippen molar-refractivity contribution in [3.05, 3.63) is 0 Å². The average molecular weight is 485 g/mol. The number of rotatable bonds is 0. The molecule has 1 aliphatic rings. The molecule has 1 aliphatic heterocycles. The molecule has 0 aromatic rings. The molecule has 0 atom stereocenters. The Morgan fingerprint density at radius 3 is 0.676 bits per heavy atom. The molecule has 0 spiro atoms. The predicted octanol–water partition coefficient (Wildman–Crippen LogP) is -2.84. The first-order chi connectivity index (χ1) is 16.6. The fourth-order valence-electron chi connectivity index (χ4n) is 3.16. The Hall–Kier alpha value is -2.28. The highest BCUT2D eigenvalue weighted by Gasteiger charge is 2.12. The van der Waals surface area contributed by atoms with Crippen LogP contribution in [0.4, 0.5) is 0 Å². The molecular formula is C22H44N8O4. The molecule has 0 aromatic carbocycles. The van der Waals surface area contributed by atoms with Crippen molar-refractivity contribution < 1.29 is 19.2 Å². The van der Waals surface area contributed by atoms with Crippen molar-refractivity contribution in [3.63, 3.8) is 0 Å². The monoisotopic (exact) mass is 484 g/mol. The summed E-state index contributed by atoms with van der Waals surface area (Å²) in [5.41, 5.74) is 0. The first-order valence-corrected chi connectivity index (χ1v) is 12.6. The Morgan fingerprint density at radius 2 is 0.471 bits per heavy atom. The second-order valence-electron chi connectivity index (χ2n) is 8.14. The van der Waals surface area contributed by atoms with Gasteiger partial charge in [0.05, 0.1) is 0 Å². The van der Waals surface area contributed by atoms with Gasteiger partial charge in [0.15, 0.2) is 0 Å². The molecule has 0 aliphatic carbocycles. The van der Waals surface area contributed by atoms with Crippen LogP contribution in [0.1, 0.15) is 38.5 Å². The largest absolute Gasteiger partial charge is 0.348 e. The van der Waals surface area contributed by atoms with Crippen LogP contribution in [-0.2, 0) is 19.2 Å². The lowest BCUT2D eigenvalue weighted by Crippen LogP contribution is -2.41. The Morgan fingerprint density at radius 1 is 0.294 bits per heavy atom. The van der Waals surface area contributed by atoms with Gasteiger partial charge in [-0.2, -0.15) is 0 Å². The summed E-state index contributed by atoms with van der Waals surface area (Å²) in [6.45, 7) is 8.26. The molecular weight excluding hydrogens is 440 g/mol. The maximum absolute atomic E-state index is 11.8. The normalized spacial score (nSPS) is 21.9. The van der Waals surface area contributed by atoms with Gasteiger partial charge in [-0.15, -0.1) is 0 Å². The molecule has 1 fully saturated rings. The van der Waals surface area contributed by atoms with Crippen LogP contribution >= 0.6 is 0 Å².